The molecule has 22 heavy (non-hydrogen) atoms. The molecule has 0 atom stereocenters. The number of fused-ring (bicyclic) bond motifs is 1. The monoisotopic (exact) mass is 298 g/mol. The minimum absolute atomic E-state index is 0.579. The number of aryl methyl sites for hydroxylation is 2. The molecule has 0 saturated carbocycles. The molecule has 0 fully saturated rings. The minimum Gasteiger partial charge on any atom is -0.481 e. The number of methoxy groups -OCH3 is 1. The summed E-state index contributed by atoms with van der Waals surface area (Å²) in [5.41, 5.74) is 3.87. The lowest BCUT2D eigenvalue weighted by molar-refractivity contribution is 0.392. The van der Waals surface area contributed by atoms with Crippen molar-refractivity contribution in [3.8, 4) is 5.88 Å². The fraction of sp³-hybridized carbons (Fsp3) is 0.333. The Kier molecular flexibility index (Phi) is 3.62. The maximum atomic E-state index is 5.34. The largest absolute Gasteiger partial charge is 0.481 e. The summed E-state index contributed by atoms with van der Waals surface area (Å²) in [6.07, 6.45) is 1.50. The van der Waals surface area contributed by atoms with Crippen molar-refractivity contribution in [2.24, 2.45) is 0 Å². The topological polar surface area (TPSA) is 77.2 Å². The van der Waals surface area contributed by atoms with Crippen molar-refractivity contribution >= 4 is 11.6 Å². The van der Waals surface area contributed by atoms with E-state index in [0.717, 1.165) is 28.3 Å². The van der Waals surface area contributed by atoms with Gasteiger partial charge in [-0.3, -0.25) is 0 Å². The van der Waals surface area contributed by atoms with E-state index in [1.165, 1.54) is 6.33 Å². The van der Waals surface area contributed by atoms with Crippen molar-refractivity contribution in [1.82, 2.24) is 24.6 Å². The molecule has 0 unspecified atom stereocenters. The normalized spacial score (nSPS) is 10.9. The maximum absolute atomic E-state index is 5.34. The lowest BCUT2D eigenvalue weighted by Crippen LogP contribution is -2.11. The number of aromatic nitrogens is 5. The highest BCUT2D eigenvalue weighted by molar-refractivity contribution is 5.52. The van der Waals surface area contributed by atoms with E-state index < -0.39 is 0 Å². The predicted molar refractivity (Wildman–Crippen MR) is 83.1 cm³/mol. The zero-order valence-electron chi connectivity index (χ0n) is 13.1. The standard InChI is InChI=1S/C15H18N6O/c1-9-5-6-12(14(19-9)22-4)7-16-13-10(2)11(3)20-15-17-8-18-21(13)15/h5-6,8,16H,7H2,1-4H3. The lowest BCUT2D eigenvalue weighted by Gasteiger charge is -2.14. The molecule has 0 radical (unpaired) electrons. The molecule has 0 aliphatic carbocycles. The fourth-order valence-electron chi connectivity index (χ4n) is 2.29. The average molecular weight is 298 g/mol. The smallest absolute Gasteiger partial charge is 0.254 e. The zero-order valence-corrected chi connectivity index (χ0v) is 13.1. The van der Waals surface area contributed by atoms with Gasteiger partial charge in [0.1, 0.15) is 12.1 Å². The molecule has 0 aliphatic heterocycles. The summed E-state index contributed by atoms with van der Waals surface area (Å²) in [6.45, 7) is 6.49. The molecule has 3 heterocycles. The van der Waals surface area contributed by atoms with E-state index in [9.17, 15) is 0 Å². The lowest BCUT2D eigenvalue weighted by atomic mass is 10.2. The number of nitrogens with zero attached hydrogens (tertiary/aromatic N) is 5. The summed E-state index contributed by atoms with van der Waals surface area (Å²) < 4.78 is 7.05. The van der Waals surface area contributed by atoms with Crippen LogP contribution in [0.4, 0.5) is 5.82 Å². The molecule has 3 aromatic rings. The second kappa shape index (κ2) is 5.59. The van der Waals surface area contributed by atoms with Gasteiger partial charge in [-0.25, -0.2) is 9.97 Å². The van der Waals surface area contributed by atoms with Gasteiger partial charge in [0, 0.05) is 29.1 Å². The molecule has 0 saturated heterocycles. The highest BCUT2D eigenvalue weighted by Crippen LogP contribution is 2.21. The molecular formula is C15H18N6O. The second-order valence-corrected chi connectivity index (χ2v) is 5.12. The Bertz CT molecular complexity index is 826. The Balaban J connectivity index is 1.94. The van der Waals surface area contributed by atoms with Crippen LogP contribution in [0.3, 0.4) is 0 Å². The minimum atomic E-state index is 0.579. The molecule has 7 heteroatoms. The molecule has 0 amide bonds. The van der Waals surface area contributed by atoms with E-state index >= 15 is 0 Å². The van der Waals surface area contributed by atoms with Crippen molar-refractivity contribution in [2.75, 3.05) is 12.4 Å². The van der Waals surface area contributed by atoms with Crippen molar-refractivity contribution in [3.63, 3.8) is 0 Å². The van der Waals surface area contributed by atoms with Gasteiger partial charge in [-0.15, -0.1) is 0 Å². The molecule has 0 bridgehead atoms. The fourth-order valence-corrected chi connectivity index (χ4v) is 2.29. The van der Waals surface area contributed by atoms with Crippen LogP contribution in [0.2, 0.25) is 0 Å². The molecule has 0 spiro atoms. The molecule has 0 aromatic carbocycles. The Morgan fingerprint density at radius 1 is 1.18 bits per heavy atom. The van der Waals surface area contributed by atoms with E-state index in [1.54, 1.807) is 11.6 Å². The van der Waals surface area contributed by atoms with Crippen LogP contribution in [-0.4, -0.2) is 31.7 Å². The maximum Gasteiger partial charge on any atom is 0.254 e. The van der Waals surface area contributed by atoms with Gasteiger partial charge in [-0.1, -0.05) is 6.07 Å². The van der Waals surface area contributed by atoms with Gasteiger partial charge in [0.2, 0.25) is 5.88 Å². The first-order chi connectivity index (χ1) is 10.6. The Morgan fingerprint density at radius 3 is 2.77 bits per heavy atom. The summed E-state index contributed by atoms with van der Waals surface area (Å²) in [7, 11) is 1.63. The highest BCUT2D eigenvalue weighted by atomic mass is 16.5. The molecule has 1 N–H and O–H groups in total. The Hall–Kier alpha value is -2.70. The van der Waals surface area contributed by atoms with Crippen LogP contribution < -0.4 is 10.1 Å². The predicted octanol–water partition coefficient (Wildman–Crippen LogP) is 2.07. The summed E-state index contributed by atoms with van der Waals surface area (Å²) in [5, 5.41) is 7.62. The van der Waals surface area contributed by atoms with E-state index in [2.05, 4.69) is 25.4 Å². The molecule has 0 aliphatic rings. The number of nitrogens with one attached hydrogen (secondary N) is 1. The van der Waals surface area contributed by atoms with Crippen LogP contribution in [0.5, 0.6) is 5.88 Å². The number of ether oxygens (including phenoxy) is 1. The molecule has 3 aromatic heterocycles. The SMILES string of the molecule is COc1nc(C)ccc1CNc1c(C)c(C)nc2ncnn12. The average Bonchev–Trinajstić information content (AvgIpc) is 2.96. The van der Waals surface area contributed by atoms with Crippen molar-refractivity contribution in [1.29, 1.82) is 0 Å². The van der Waals surface area contributed by atoms with Gasteiger partial charge in [-0.2, -0.15) is 14.6 Å². The van der Waals surface area contributed by atoms with Crippen LogP contribution in [-0.2, 0) is 6.54 Å². The van der Waals surface area contributed by atoms with Gasteiger partial charge in [-0.05, 0) is 26.8 Å². The van der Waals surface area contributed by atoms with Gasteiger partial charge < -0.3 is 10.1 Å². The van der Waals surface area contributed by atoms with E-state index in [1.807, 2.05) is 32.9 Å². The number of hydrogen-bond donors (Lipinski definition) is 1. The van der Waals surface area contributed by atoms with Crippen molar-refractivity contribution in [3.05, 3.63) is 41.0 Å². The number of hydrogen-bond acceptors (Lipinski definition) is 6. The van der Waals surface area contributed by atoms with Crippen LogP contribution in [0.1, 0.15) is 22.5 Å². The highest BCUT2D eigenvalue weighted by Gasteiger charge is 2.12. The summed E-state index contributed by atoms with van der Waals surface area (Å²) >= 11 is 0. The van der Waals surface area contributed by atoms with Gasteiger partial charge in [0.05, 0.1) is 7.11 Å². The summed E-state index contributed by atoms with van der Waals surface area (Å²) in [6, 6.07) is 3.98. The van der Waals surface area contributed by atoms with Crippen LogP contribution in [0, 0.1) is 20.8 Å². The van der Waals surface area contributed by atoms with Crippen LogP contribution >= 0.6 is 0 Å². The van der Waals surface area contributed by atoms with E-state index in [4.69, 9.17) is 4.74 Å². The molecule has 3 rings (SSSR count). The third kappa shape index (κ3) is 2.45. The Morgan fingerprint density at radius 2 is 2.00 bits per heavy atom. The second-order valence-electron chi connectivity index (χ2n) is 5.12. The van der Waals surface area contributed by atoms with Crippen molar-refractivity contribution < 1.29 is 4.74 Å². The molecule has 7 nitrogen and oxygen atoms in total. The van der Waals surface area contributed by atoms with Crippen molar-refractivity contribution in [2.45, 2.75) is 27.3 Å². The van der Waals surface area contributed by atoms with Gasteiger partial charge in [0.15, 0.2) is 0 Å². The van der Waals surface area contributed by atoms with Gasteiger partial charge in [0.25, 0.3) is 5.78 Å². The Labute approximate surface area is 128 Å². The van der Waals surface area contributed by atoms with Gasteiger partial charge >= 0.3 is 0 Å². The summed E-state index contributed by atoms with van der Waals surface area (Å²) in [5.74, 6) is 2.09. The quantitative estimate of drug-likeness (QED) is 0.794. The third-order valence-corrected chi connectivity index (χ3v) is 3.63. The zero-order chi connectivity index (χ0) is 15.7. The third-order valence-electron chi connectivity index (χ3n) is 3.63. The number of rotatable bonds is 4. The number of anilines is 1. The van der Waals surface area contributed by atoms with E-state index in [0.29, 0.717) is 18.2 Å². The molecule has 114 valence electrons. The van der Waals surface area contributed by atoms with E-state index in [-0.39, 0.29) is 0 Å². The molecular weight excluding hydrogens is 280 g/mol. The first-order valence-corrected chi connectivity index (χ1v) is 7.01. The summed E-state index contributed by atoms with van der Waals surface area (Å²) in [4.78, 5) is 12.9. The van der Waals surface area contributed by atoms with Crippen LogP contribution in [0.15, 0.2) is 18.5 Å². The van der Waals surface area contributed by atoms with Crippen LogP contribution in [0.25, 0.3) is 5.78 Å². The first-order valence-electron chi connectivity index (χ1n) is 7.01. The number of pyridine rings is 1. The first kappa shape index (κ1) is 14.2.